The van der Waals surface area contributed by atoms with Crippen molar-refractivity contribution in [1.29, 1.82) is 0 Å². The molecule has 2 N–H and O–H groups in total. The number of aromatic nitrogens is 3. The Balaban J connectivity index is 1.69. The molecule has 23 heavy (non-hydrogen) atoms. The van der Waals surface area contributed by atoms with Crippen LogP contribution in [-0.4, -0.2) is 39.1 Å². The van der Waals surface area contributed by atoms with E-state index in [2.05, 4.69) is 32.6 Å². The predicted molar refractivity (Wildman–Crippen MR) is 89.9 cm³/mol. The second kappa shape index (κ2) is 7.10. The summed E-state index contributed by atoms with van der Waals surface area (Å²) in [6.45, 7) is 8.43. The van der Waals surface area contributed by atoms with Crippen molar-refractivity contribution >= 4 is 5.69 Å². The van der Waals surface area contributed by atoms with Crippen LogP contribution < -0.4 is 5.73 Å². The molecule has 1 aliphatic heterocycles. The van der Waals surface area contributed by atoms with Crippen LogP contribution in [0.25, 0.3) is 0 Å². The normalized spacial score (nSPS) is 19.1. The molecular weight excluding hydrogens is 290 g/mol. The molecule has 3 rings (SSSR count). The summed E-state index contributed by atoms with van der Waals surface area (Å²) >= 11 is 0. The molecule has 0 bridgehead atoms. The van der Waals surface area contributed by atoms with E-state index in [4.69, 9.17) is 10.5 Å². The number of pyridine rings is 1. The Morgan fingerprint density at radius 2 is 2.26 bits per heavy atom. The number of hydrogen-bond acceptors (Lipinski definition) is 5. The number of nitrogens with two attached hydrogens (primary N) is 1. The first-order valence-corrected chi connectivity index (χ1v) is 8.23. The Morgan fingerprint density at radius 3 is 3.04 bits per heavy atom. The minimum absolute atomic E-state index is 0.0273. The molecule has 1 aliphatic rings. The molecule has 0 radical (unpaired) electrons. The Kier molecular flexibility index (Phi) is 4.93. The molecule has 0 amide bonds. The molecule has 6 heteroatoms. The van der Waals surface area contributed by atoms with Crippen LogP contribution in [0.15, 0.2) is 24.5 Å². The topological polar surface area (TPSA) is 69.2 Å². The van der Waals surface area contributed by atoms with Gasteiger partial charge in [-0.25, -0.2) is 4.98 Å². The van der Waals surface area contributed by atoms with E-state index in [1.54, 1.807) is 0 Å². The van der Waals surface area contributed by atoms with Gasteiger partial charge in [0.1, 0.15) is 11.9 Å². The second-order valence-corrected chi connectivity index (χ2v) is 6.10. The van der Waals surface area contributed by atoms with Gasteiger partial charge < -0.3 is 15.0 Å². The maximum absolute atomic E-state index is 5.94. The van der Waals surface area contributed by atoms with E-state index in [0.717, 1.165) is 55.5 Å². The maximum Gasteiger partial charge on any atom is 0.122 e. The first-order valence-electron chi connectivity index (χ1n) is 8.23. The number of morpholine rings is 1. The summed E-state index contributed by atoms with van der Waals surface area (Å²) in [5.74, 6) is 1.12. The standard InChI is InChI=1S/C17H25N5O/c1-3-5-22-6-4-19-17(22)12-21-7-8-23-16(11-21)15-10-14(18)9-13(2)20-15/h4,6,9-10,16H,3,5,7-8,11-12H2,1-2H3,(H2,18,20). The third-order valence-electron chi connectivity index (χ3n) is 4.11. The molecule has 2 aromatic rings. The lowest BCUT2D eigenvalue weighted by Gasteiger charge is -2.32. The van der Waals surface area contributed by atoms with Gasteiger partial charge in [0.05, 0.1) is 18.8 Å². The van der Waals surface area contributed by atoms with Gasteiger partial charge in [0.25, 0.3) is 0 Å². The monoisotopic (exact) mass is 315 g/mol. The van der Waals surface area contributed by atoms with Gasteiger partial charge >= 0.3 is 0 Å². The first kappa shape index (κ1) is 16.0. The van der Waals surface area contributed by atoms with Crippen molar-refractivity contribution in [2.75, 3.05) is 25.4 Å². The van der Waals surface area contributed by atoms with Crippen molar-refractivity contribution in [1.82, 2.24) is 19.4 Å². The van der Waals surface area contributed by atoms with E-state index in [0.29, 0.717) is 6.61 Å². The van der Waals surface area contributed by atoms with Gasteiger partial charge in [0.2, 0.25) is 0 Å². The van der Waals surface area contributed by atoms with E-state index >= 15 is 0 Å². The highest BCUT2D eigenvalue weighted by Gasteiger charge is 2.24. The number of hydrogen-bond donors (Lipinski definition) is 1. The largest absolute Gasteiger partial charge is 0.399 e. The van der Waals surface area contributed by atoms with Gasteiger partial charge in [-0.05, 0) is 25.5 Å². The van der Waals surface area contributed by atoms with Crippen molar-refractivity contribution in [3.8, 4) is 0 Å². The lowest BCUT2D eigenvalue weighted by molar-refractivity contribution is -0.0360. The Morgan fingerprint density at radius 1 is 1.39 bits per heavy atom. The van der Waals surface area contributed by atoms with Gasteiger partial charge in [-0.2, -0.15) is 0 Å². The van der Waals surface area contributed by atoms with Crippen LogP contribution in [0.5, 0.6) is 0 Å². The number of anilines is 1. The fourth-order valence-electron chi connectivity index (χ4n) is 3.05. The zero-order valence-corrected chi connectivity index (χ0v) is 13.9. The number of imidazole rings is 1. The number of rotatable bonds is 5. The summed E-state index contributed by atoms with van der Waals surface area (Å²) in [6.07, 6.45) is 5.02. The Labute approximate surface area is 137 Å². The van der Waals surface area contributed by atoms with Crippen molar-refractivity contribution in [3.05, 3.63) is 41.7 Å². The summed E-state index contributed by atoms with van der Waals surface area (Å²) in [5.41, 5.74) is 8.53. The summed E-state index contributed by atoms with van der Waals surface area (Å²) in [4.78, 5) is 11.5. The summed E-state index contributed by atoms with van der Waals surface area (Å²) < 4.78 is 8.14. The number of aryl methyl sites for hydroxylation is 2. The maximum atomic E-state index is 5.94. The fourth-order valence-corrected chi connectivity index (χ4v) is 3.05. The zero-order chi connectivity index (χ0) is 16.2. The zero-order valence-electron chi connectivity index (χ0n) is 13.9. The van der Waals surface area contributed by atoms with Crippen molar-refractivity contribution in [2.45, 2.75) is 39.5 Å². The van der Waals surface area contributed by atoms with Gasteiger partial charge in [0.15, 0.2) is 0 Å². The molecule has 6 nitrogen and oxygen atoms in total. The third kappa shape index (κ3) is 3.89. The molecule has 1 saturated heterocycles. The van der Waals surface area contributed by atoms with E-state index in [1.165, 1.54) is 0 Å². The fraction of sp³-hybridized carbons (Fsp3) is 0.529. The number of nitrogens with zero attached hydrogens (tertiary/aromatic N) is 4. The van der Waals surface area contributed by atoms with Gasteiger partial charge in [-0.1, -0.05) is 6.92 Å². The molecule has 124 valence electrons. The van der Waals surface area contributed by atoms with Gasteiger partial charge in [-0.3, -0.25) is 9.88 Å². The minimum Gasteiger partial charge on any atom is -0.399 e. The molecule has 1 unspecified atom stereocenters. The summed E-state index contributed by atoms with van der Waals surface area (Å²) in [5, 5.41) is 0. The van der Waals surface area contributed by atoms with Crippen LogP contribution in [0.4, 0.5) is 5.69 Å². The lowest BCUT2D eigenvalue weighted by Crippen LogP contribution is -2.38. The Bertz CT molecular complexity index is 634. The van der Waals surface area contributed by atoms with Crippen LogP contribution in [0, 0.1) is 6.92 Å². The van der Waals surface area contributed by atoms with Gasteiger partial charge in [-0.15, -0.1) is 0 Å². The smallest absolute Gasteiger partial charge is 0.122 e. The quantitative estimate of drug-likeness (QED) is 0.915. The lowest BCUT2D eigenvalue weighted by atomic mass is 10.1. The van der Waals surface area contributed by atoms with Gasteiger partial charge in [0, 0.05) is 43.4 Å². The second-order valence-electron chi connectivity index (χ2n) is 6.10. The molecule has 0 saturated carbocycles. The SMILES string of the molecule is CCCn1ccnc1CN1CCOC(c2cc(N)cc(C)n2)C1. The summed E-state index contributed by atoms with van der Waals surface area (Å²) in [6, 6.07) is 3.80. The van der Waals surface area contributed by atoms with E-state index in [-0.39, 0.29) is 6.10 Å². The van der Waals surface area contributed by atoms with Crippen LogP contribution in [0.2, 0.25) is 0 Å². The average molecular weight is 315 g/mol. The first-order chi connectivity index (χ1) is 11.2. The number of nitrogen functional groups attached to an aromatic ring is 1. The molecule has 0 aromatic carbocycles. The van der Waals surface area contributed by atoms with Crippen LogP contribution >= 0.6 is 0 Å². The molecule has 1 atom stereocenters. The van der Waals surface area contributed by atoms with Crippen molar-refractivity contribution < 1.29 is 4.74 Å². The third-order valence-corrected chi connectivity index (χ3v) is 4.11. The number of ether oxygens (including phenoxy) is 1. The minimum atomic E-state index is -0.0273. The summed E-state index contributed by atoms with van der Waals surface area (Å²) in [7, 11) is 0. The molecule has 3 heterocycles. The van der Waals surface area contributed by atoms with Crippen LogP contribution in [0.3, 0.4) is 0 Å². The molecule has 1 fully saturated rings. The highest BCUT2D eigenvalue weighted by Crippen LogP contribution is 2.23. The predicted octanol–water partition coefficient (Wildman–Crippen LogP) is 2.15. The highest BCUT2D eigenvalue weighted by molar-refractivity contribution is 5.40. The van der Waals surface area contributed by atoms with E-state index in [9.17, 15) is 0 Å². The van der Waals surface area contributed by atoms with Crippen LogP contribution in [-0.2, 0) is 17.8 Å². The van der Waals surface area contributed by atoms with E-state index in [1.807, 2.05) is 25.3 Å². The van der Waals surface area contributed by atoms with E-state index < -0.39 is 0 Å². The molecule has 0 aliphatic carbocycles. The molecule has 0 spiro atoms. The molecular formula is C17H25N5O. The molecule has 2 aromatic heterocycles. The van der Waals surface area contributed by atoms with Crippen molar-refractivity contribution in [2.24, 2.45) is 0 Å². The Hall–Kier alpha value is -1.92. The average Bonchev–Trinajstić information content (AvgIpc) is 2.94. The van der Waals surface area contributed by atoms with Crippen LogP contribution in [0.1, 0.15) is 36.7 Å². The highest BCUT2D eigenvalue weighted by atomic mass is 16.5. The van der Waals surface area contributed by atoms with Crippen molar-refractivity contribution in [3.63, 3.8) is 0 Å².